The average Bonchev–Trinajstić information content (AvgIpc) is 2.80. The standard InChI is InChI=1S/C24H28N3O5P/c1-27(2)23-14-19(13-18-7-10-21(31-3)15-22(18)23)24(28)26-20-8-5-17(6-9-20)16-25-11-4-12-32-33(29)30/h5-10,13-15,25H,4,11-12,16H2,1-3H3,(H-,26,28,29,30)/p+1. The highest BCUT2D eigenvalue weighted by molar-refractivity contribution is 7.32. The molecule has 9 heteroatoms. The summed E-state index contributed by atoms with van der Waals surface area (Å²) in [6, 6.07) is 17.2. The first-order valence-corrected chi connectivity index (χ1v) is 11.7. The molecule has 1 unspecified atom stereocenters. The number of carbonyl (C=O) groups is 1. The zero-order valence-corrected chi connectivity index (χ0v) is 19.9. The third-order valence-corrected chi connectivity index (χ3v) is 5.53. The molecule has 33 heavy (non-hydrogen) atoms. The molecule has 0 heterocycles. The molecular formula is C24H29N3O5P+. The number of fused-ring (bicyclic) bond motifs is 1. The second kappa shape index (κ2) is 11.7. The van der Waals surface area contributed by atoms with Gasteiger partial charge in [0.2, 0.25) is 0 Å². The number of nitrogens with zero attached hydrogens (tertiary/aromatic N) is 1. The summed E-state index contributed by atoms with van der Waals surface area (Å²) in [5, 5.41) is 8.19. The van der Waals surface area contributed by atoms with Crippen LogP contribution in [0.3, 0.4) is 0 Å². The molecule has 0 fully saturated rings. The highest BCUT2D eigenvalue weighted by Gasteiger charge is 2.13. The van der Waals surface area contributed by atoms with Gasteiger partial charge in [-0.25, -0.2) is 0 Å². The fraction of sp³-hybridized carbons (Fsp3) is 0.292. The first-order valence-electron chi connectivity index (χ1n) is 10.6. The van der Waals surface area contributed by atoms with Crippen LogP contribution in [0.5, 0.6) is 5.75 Å². The summed E-state index contributed by atoms with van der Waals surface area (Å²) in [4.78, 5) is 23.5. The van der Waals surface area contributed by atoms with E-state index in [9.17, 15) is 9.36 Å². The lowest BCUT2D eigenvalue weighted by molar-refractivity contribution is 0.102. The Morgan fingerprint density at radius 1 is 1.09 bits per heavy atom. The molecule has 174 valence electrons. The van der Waals surface area contributed by atoms with Gasteiger partial charge in [0.05, 0.1) is 7.11 Å². The van der Waals surface area contributed by atoms with E-state index < -0.39 is 8.25 Å². The molecule has 0 bridgehead atoms. The van der Waals surface area contributed by atoms with Crippen LogP contribution in [-0.2, 0) is 15.6 Å². The van der Waals surface area contributed by atoms with Crippen LogP contribution < -0.4 is 20.3 Å². The lowest BCUT2D eigenvalue weighted by atomic mass is 10.0. The van der Waals surface area contributed by atoms with Crippen molar-refractivity contribution in [1.82, 2.24) is 5.32 Å². The molecule has 3 N–H and O–H groups in total. The van der Waals surface area contributed by atoms with Crippen LogP contribution in [0.4, 0.5) is 11.4 Å². The van der Waals surface area contributed by atoms with Crippen LogP contribution in [0.15, 0.2) is 54.6 Å². The Labute approximate surface area is 194 Å². The summed E-state index contributed by atoms with van der Waals surface area (Å²) in [5.41, 5.74) is 3.30. The van der Waals surface area contributed by atoms with Crippen LogP contribution in [0, 0.1) is 0 Å². The summed E-state index contributed by atoms with van der Waals surface area (Å²) < 4.78 is 20.4. The smallest absolute Gasteiger partial charge is 0.497 e. The third-order valence-electron chi connectivity index (χ3n) is 5.12. The highest BCUT2D eigenvalue weighted by atomic mass is 31.1. The fourth-order valence-electron chi connectivity index (χ4n) is 3.43. The van der Waals surface area contributed by atoms with E-state index in [4.69, 9.17) is 9.63 Å². The molecule has 3 rings (SSSR count). The Morgan fingerprint density at radius 3 is 2.52 bits per heavy atom. The third kappa shape index (κ3) is 6.97. The minimum atomic E-state index is -2.53. The number of anilines is 2. The Morgan fingerprint density at radius 2 is 1.85 bits per heavy atom. The molecule has 3 aromatic rings. The van der Waals surface area contributed by atoms with E-state index in [0.717, 1.165) is 27.8 Å². The number of ether oxygens (including phenoxy) is 1. The van der Waals surface area contributed by atoms with Crippen molar-refractivity contribution in [2.75, 3.05) is 44.6 Å². The van der Waals surface area contributed by atoms with Gasteiger partial charge < -0.3 is 20.3 Å². The van der Waals surface area contributed by atoms with E-state index in [1.54, 1.807) is 7.11 Å². The second-order valence-corrected chi connectivity index (χ2v) is 8.46. The highest BCUT2D eigenvalue weighted by Crippen LogP contribution is 2.31. The van der Waals surface area contributed by atoms with E-state index in [2.05, 4.69) is 15.2 Å². The number of hydrogen-bond acceptors (Lipinski definition) is 6. The monoisotopic (exact) mass is 470 g/mol. The van der Waals surface area contributed by atoms with Crippen molar-refractivity contribution in [3.05, 3.63) is 65.7 Å². The zero-order valence-electron chi connectivity index (χ0n) is 19.0. The first-order chi connectivity index (χ1) is 15.9. The van der Waals surface area contributed by atoms with Gasteiger partial charge in [0.25, 0.3) is 5.91 Å². The van der Waals surface area contributed by atoms with Crippen molar-refractivity contribution < 1.29 is 23.5 Å². The molecule has 0 spiro atoms. The first kappa shape index (κ1) is 24.6. The fourth-order valence-corrected chi connectivity index (χ4v) is 3.71. The van der Waals surface area contributed by atoms with Crippen molar-refractivity contribution in [2.24, 2.45) is 0 Å². The van der Waals surface area contributed by atoms with E-state index >= 15 is 0 Å². The van der Waals surface area contributed by atoms with Crippen molar-refractivity contribution in [2.45, 2.75) is 13.0 Å². The van der Waals surface area contributed by atoms with Gasteiger partial charge in [0, 0.05) is 47.5 Å². The lowest BCUT2D eigenvalue weighted by Gasteiger charge is -2.18. The maximum Gasteiger partial charge on any atom is 0.694 e. The van der Waals surface area contributed by atoms with E-state index in [0.29, 0.717) is 30.8 Å². The van der Waals surface area contributed by atoms with Gasteiger partial charge in [0.1, 0.15) is 12.4 Å². The molecule has 8 nitrogen and oxygen atoms in total. The maximum absolute atomic E-state index is 12.9. The number of benzene rings is 3. The molecule has 0 saturated heterocycles. The van der Waals surface area contributed by atoms with Crippen LogP contribution in [0.1, 0.15) is 22.3 Å². The van der Waals surface area contributed by atoms with Gasteiger partial charge in [-0.3, -0.25) is 4.79 Å². The number of carbonyl (C=O) groups excluding carboxylic acids is 1. The van der Waals surface area contributed by atoms with Gasteiger partial charge in [-0.2, -0.15) is 0 Å². The predicted octanol–water partition coefficient (Wildman–Crippen LogP) is 4.31. The number of amides is 1. The zero-order chi connectivity index (χ0) is 23.8. The molecular weight excluding hydrogens is 441 g/mol. The van der Waals surface area contributed by atoms with E-state index in [-0.39, 0.29) is 12.5 Å². The topological polar surface area (TPSA) is 100 Å². The summed E-state index contributed by atoms with van der Waals surface area (Å²) >= 11 is 0. The molecule has 0 aliphatic rings. The summed E-state index contributed by atoms with van der Waals surface area (Å²) in [5.74, 6) is 0.594. The minimum absolute atomic E-state index is 0.177. The number of nitrogens with one attached hydrogen (secondary N) is 2. The van der Waals surface area contributed by atoms with Crippen LogP contribution in [0.25, 0.3) is 10.8 Å². The minimum Gasteiger partial charge on any atom is -0.497 e. The van der Waals surface area contributed by atoms with Crippen molar-refractivity contribution in [1.29, 1.82) is 0 Å². The number of hydrogen-bond donors (Lipinski definition) is 3. The van der Waals surface area contributed by atoms with E-state index in [1.807, 2.05) is 73.6 Å². The van der Waals surface area contributed by atoms with Gasteiger partial charge in [-0.05, 0) is 60.3 Å². The number of methoxy groups -OCH3 is 1. The second-order valence-electron chi connectivity index (χ2n) is 7.73. The molecule has 0 aliphatic heterocycles. The SMILES string of the molecule is COc1ccc2cc(C(=O)Nc3ccc(CNCCCO[P+](=O)O)cc3)cc(N(C)C)c2c1. The van der Waals surface area contributed by atoms with Crippen LogP contribution >= 0.6 is 8.25 Å². The maximum atomic E-state index is 12.9. The average molecular weight is 470 g/mol. The van der Waals surface area contributed by atoms with E-state index in [1.165, 1.54) is 0 Å². The van der Waals surface area contributed by atoms with Crippen LogP contribution in [-0.4, -0.2) is 45.2 Å². The molecule has 0 aromatic heterocycles. The van der Waals surface area contributed by atoms with Gasteiger partial charge in [0.15, 0.2) is 0 Å². The van der Waals surface area contributed by atoms with Gasteiger partial charge in [-0.15, -0.1) is 9.42 Å². The van der Waals surface area contributed by atoms with Crippen molar-refractivity contribution >= 4 is 36.3 Å². The predicted molar refractivity (Wildman–Crippen MR) is 131 cm³/mol. The molecule has 0 saturated carbocycles. The largest absolute Gasteiger partial charge is 0.694 e. The Balaban J connectivity index is 1.63. The quantitative estimate of drug-likeness (QED) is 0.284. The lowest BCUT2D eigenvalue weighted by Crippen LogP contribution is -2.16. The molecule has 3 aromatic carbocycles. The van der Waals surface area contributed by atoms with Crippen molar-refractivity contribution in [3.63, 3.8) is 0 Å². The van der Waals surface area contributed by atoms with Crippen molar-refractivity contribution in [3.8, 4) is 5.75 Å². The molecule has 0 radical (unpaired) electrons. The Kier molecular flexibility index (Phi) is 8.74. The Hall–Kier alpha value is -3.03. The number of rotatable bonds is 11. The molecule has 0 aliphatic carbocycles. The van der Waals surface area contributed by atoms with Crippen LogP contribution in [0.2, 0.25) is 0 Å². The molecule has 1 atom stereocenters. The molecule has 1 amide bonds. The van der Waals surface area contributed by atoms with Gasteiger partial charge in [-0.1, -0.05) is 18.2 Å². The van der Waals surface area contributed by atoms with Gasteiger partial charge >= 0.3 is 8.25 Å². The summed E-state index contributed by atoms with van der Waals surface area (Å²) in [6.45, 7) is 1.56. The summed E-state index contributed by atoms with van der Waals surface area (Å²) in [7, 11) is 3.00. The Bertz CT molecular complexity index is 1120. The summed E-state index contributed by atoms with van der Waals surface area (Å²) in [6.07, 6.45) is 0.642. The normalized spacial score (nSPS) is 11.3.